The van der Waals surface area contributed by atoms with Crippen LogP contribution in [-0.2, 0) is 9.59 Å². The number of nitrogens with zero attached hydrogens (tertiary/aromatic N) is 1. The minimum absolute atomic E-state index is 0.0605. The van der Waals surface area contributed by atoms with Crippen molar-refractivity contribution in [1.29, 1.82) is 0 Å². The lowest BCUT2D eigenvalue weighted by atomic mass is 9.49. The smallest absolute Gasteiger partial charge is 0.242 e. The Hall–Kier alpha value is -1.10. The van der Waals surface area contributed by atoms with Crippen molar-refractivity contribution in [2.75, 3.05) is 32.7 Å². The van der Waals surface area contributed by atoms with Crippen LogP contribution in [-0.4, -0.2) is 49.4 Å². The van der Waals surface area contributed by atoms with Gasteiger partial charge in [0.25, 0.3) is 0 Å². The van der Waals surface area contributed by atoms with Gasteiger partial charge in [0.15, 0.2) is 0 Å². The molecule has 0 aromatic carbocycles. The Bertz CT molecular complexity index is 449. The molecule has 5 nitrogen and oxygen atoms in total. The third kappa shape index (κ3) is 3.25. The number of carbonyl (C=O) groups is 2. The molecule has 1 saturated heterocycles. The zero-order valence-corrected chi connectivity index (χ0v) is 14.0. The van der Waals surface area contributed by atoms with Gasteiger partial charge in [-0.3, -0.25) is 9.59 Å². The first-order valence-electron chi connectivity index (χ1n) is 9.37. The quantitative estimate of drug-likeness (QED) is 0.817. The first-order chi connectivity index (χ1) is 11.1. The number of piperazine rings is 1. The fourth-order valence-electron chi connectivity index (χ4n) is 6.11. The molecule has 2 amide bonds. The highest BCUT2D eigenvalue weighted by atomic mass is 16.2. The predicted molar refractivity (Wildman–Crippen MR) is 87.7 cm³/mol. The first kappa shape index (κ1) is 15.4. The largest absolute Gasteiger partial charge is 0.347 e. The molecule has 5 fully saturated rings. The Morgan fingerprint density at radius 2 is 1.57 bits per heavy atom. The Labute approximate surface area is 138 Å². The van der Waals surface area contributed by atoms with E-state index >= 15 is 0 Å². The third-order valence-corrected chi connectivity index (χ3v) is 6.61. The SMILES string of the molecule is O=C(CC12CC3CC(CC(C3)C1)C2)NCC(=O)N1CCNCC1. The van der Waals surface area contributed by atoms with Gasteiger partial charge in [0, 0.05) is 32.6 Å². The van der Waals surface area contributed by atoms with Crippen LogP contribution >= 0.6 is 0 Å². The molecular formula is C18H29N3O2. The first-order valence-corrected chi connectivity index (χ1v) is 9.37. The predicted octanol–water partition coefficient (Wildman–Crippen LogP) is 1.14. The molecule has 0 radical (unpaired) electrons. The van der Waals surface area contributed by atoms with E-state index in [1.807, 2.05) is 4.90 Å². The second kappa shape index (κ2) is 6.08. The van der Waals surface area contributed by atoms with E-state index in [9.17, 15) is 9.59 Å². The van der Waals surface area contributed by atoms with Crippen LogP contribution in [0.25, 0.3) is 0 Å². The van der Waals surface area contributed by atoms with Crippen molar-refractivity contribution in [2.45, 2.75) is 44.9 Å². The molecule has 128 valence electrons. The summed E-state index contributed by atoms with van der Waals surface area (Å²) in [6.07, 6.45) is 8.60. The van der Waals surface area contributed by atoms with Gasteiger partial charge in [0.2, 0.25) is 11.8 Å². The zero-order valence-electron chi connectivity index (χ0n) is 14.0. The monoisotopic (exact) mass is 319 g/mol. The highest BCUT2D eigenvalue weighted by molar-refractivity contribution is 5.85. The number of nitrogens with one attached hydrogen (secondary N) is 2. The summed E-state index contributed by atoms with van der Waals surface area (Å²) < 4.78 is 0. The molecule has 0 atom stereocenters. The number of rotatable bonds is 4. The van der Waals surface area contributed by atoms with Crippen LogP contribution in [0.15, 0.2) is 0 Å². The summed E-state index contributed by atoms with van der Waals surface area (Å²) in [5, 5.41) is 6.14. The van der Waals surface area contributed by atoms with E-state index in [1.54, 1.807) is 0 Å². The Balaban J connectivity index is 1.28. The lowest BCUT2D eigenvalue weighted by molar-refractivity contribution is -0.135. The van der Waals surface area contributed by atoms with Crippen molar-refractivity contribution in [3.05, 3.63) is 0 Å². The van der Waals surface area contributed by atoms with Crippen molar-refractivity contribution in [3.8, 4) is 0 Å². The Morgan fingerprint density at radius 1 is 1.00 bits per heavy atom. The average molecular weight is 319 g/mol. The maximum Gasteiger partial charge on any atom is 0.242 e. The number of hydrogen-bond donors (Lipinski definition) is 2. The summed E-state index contributed by atoms with van der Waals surface area (Å²) in [5.41, 5.74) is 0.261. The number of hydrogen-bond acceptors (Lipinski definition) is 3. The van der Waals surface area contributed by atoms with E-state index in [2.05, 4.69) is 10.6 Å². The second-order valence-electron chi connectivity index (χ2n) is 8.50. The van der Waals surface area contributed by atoms with Gasteiger partial charge in [-0.1, -0.05) is 0 Å². The number of carbonyl (C=O) groups excluding carboxylic acids is 2. The van der Waals surface area contributed by atoms with E-state index in [0.29, 0.717) is 6.42 Å². The van der Waals surface area contributed by atoms with Gasteiger partial charge in [-0.05, 0) is 61.7 Å². The molecule has 23 heavy (non-hydrogen) atoms. The second-order valence-corrected chi connectivity index (χ2v) is 8.50. The van der Waals surface area contributed by atoms with Crippen LogP contribution < -0.4 is 10.6 Å². The van der Waals surface area contributed by atoms with E-state index in [1.165, 1.54) is 38.5 Å². The topological polar surface area (TPSA) is 61.4 Å². The molecule has 5 heteroatoms. The van der Waals surface area contributed by atoms with E-state index in [-0.39, 0.29) is 23.8 Å². The minimum atomic E-state index is 0.0605. The molecule has 0 aromatic rings. The van der Waals surface area contributed by atoms with Gasteiger partial charge in [-0.25, -0.2) is 0 Å². The molecule has 5 rings (SSSR count). The van der Waals surface area contributed by atoms with Crippen LogP contribution in [0.1, 0.15) is 44.9 Å². The van der Waals surface area contributed by atoms with Crippen molar-refractivity contribution < 1.29 is 9.59 Å². The normalized spacial score (nSPS) is 38.6. The zero-order chi connectivity index (χ0) is 15.9. The van der Waals surface area contributed by atoms with Crippen molar-refractivity contribution in [1.82, 2.24) is 15.5 Å². The fourth-order valence-corrected chi connectivity index (χ4v) is 6.11. The van der Waals surface area contributed by atoms with E-state index < -0.39 is 0 Å². The molecule has 4 bridgehead atoms. The maximum absolute atomic E-state index is 12.4. The van der Waals surface area contributed by atoms with E-state index in [0.717, 1.165) is 43.9 Å². The molecule has 5 aliphatic rings. The molecule has 1 heterocycles. The van der Waals surface area contributed by atoms with Gasteiger partial charge >= 0.3 is 0 Å². The molecule has 0 unspecified atom stereocenters. The summed E-state index contributed by atoms with van der Waals surface area (Å²) in [7, 11) is 0. The van der Waals surface area contributed by atoms with E-state index in [4.69, 9.17) is 0 Å². The van der Waals surface area contributed by atoms with Crippen LogP contribution in [0.3, 0.4) is 0 Å². The fraction of sp³-hybridized carbons (Fsp3) is 0.889. The summed E-state index contributed by atoms with van der Waals surface area (Å²) in [6, 6.07) is 0. The van der Waals surface area contributed by atoms with Crippen LogP contribution in [0.4, 0.5) is 0 Å². The lowest BCUT2D eigenvalue weighted by Gasteiger charge is -2.56. The van der Waals surface area contributed by atoms with Gasteiger partial charge < -0.3 is 15.5 Å². The summed E-state index contributed by atoms with van der Waals surface area (Å²) >= 11 is 0. The molecular weight excluding hydrogens is 290 g/mol. The minimum Gasteiger partial charge on any atom is -0.347 e. The summed E-state index contributed by atoms with van der Waals surface area (Å²) in [5.74, 6) is 2.77. The third-order valence-electron chi connectivity index (χ3n) is 6.61. The highest BCUT2D eigenvalue weighted by Gasteiger charge is 2.51. The molecule has 4 aliphatic carbocycles. The van der Waals surface area contributed by atoms with Crippen molar-refractivity contribution >= 4 is 11.8 Å². The van der Waals surface area contributed by atoms with Gasteiger partial charge in [0.1, 0.15) is 0 Å². The van der Waals surface area contributed by atoms with Gasteiger partial charge in [-0.2, -0.15) is 0 Å². The van der Waals surface area contributed by atoms with Crippen molar-refractivity contribution in [2.24, 2.45) is 23.2 Å². The van der Waals surface area contributed by atoms with Crippen LogP contribution in [0.5, 0.6) is 0 Å². The molecule has 1 aliphatic heterocycles. The average Bonchev–Trinajstić information content (AvgIpc) is 2.51. The van der Waals surface area contributed by atoms with Crippen molar-refractivity contribution in [3.63, 3.8) is 0 Å². The molecule has 0 aromatic heterocycles. The van der Waals surface area contributed by atoms with Gasteiger partial charge in [0.05, 0.1) is 6.54 Å². The van der Waals surface area contributed by atoms with Crippen LogP contribution in [0, 0.1) is 23.2 Å². The number of amides is 2. The molecule has 4 saturated carbocycles. The standard InChI is InChI=1S/C18H29N3O2/c22-16(20-12-17(23)21-3-1-19-2-4-21)11-18-8-13-5-14(9-18)7-15(6-13)10-18/h13-15,19H,1-12H2,(H,20,22). The molecule has 2 N–H and O–H groups in total. The lowest BCUT2D eigenvalue weighted by Crippen LogP contribution is -2.51. The Morgan fingerprint density at radius 3 is 2.13 bits per heavy atom. The molecule has 0 spiro atoms. The summed E-state index contributed by atoms with van der Waals surface area (Å²) in [6.45, 7) is 3.39. The maximum atomic E-state index is 12.4. The Kier molecular flexibility index (Phi) is 4.08. The van der Waals surface area contributed by atoms with Crippen LogP contribution in [0.2, 0.25) is 0 Å². The van der Waals surface area contributed by atoms with Gasteiger partial charge in [-0.15, -0.1) is 0 Å². The summed E-state index contributed by atoms with van der Waals surface area (Å²) in [4.78, 5) is 26.4. The highest BCUT2D eigenvalue weighted by Crippen LogP contribution is 2.61.